The molecule has 0 aliphatic carbocycles. The van der Waals surface area contributed by atoms with E-state index in [2.05, 4.69) is 51.5 Å². The molecule has 0 spiro atoms. The second kappa shape index (κ2) is 6.50. The Morgan fingerprint density at radius 1 is 1.24 bits per heavy atom. The van der Waals surface area contributed by atoms with Crippen LogP contribution in [0.15, 0.2) is 0 Å². The molecule has 1 aromatic rings. The van der Waals surface area contributed by atoms with Gasteiger partial charge in [0.05, 0.1) is 5.33 Å². The molecule has 17 heavy (non-hydrogen) atoms. The topological polar surface area (TPSA) is 39.9 Å². The van der Waals surface area contributed by atoms with Crippen LogP contribution in [0.3, 0.4) is 0 Å². The molecule has 1 aromatic heterocycles. The summed E-state index contributed by atoms with van der Waals surface area (Å²) in [5, 5.41) is 9.24. The largest absolute Gasteiger partial charge is 0.382 e. The minimum atomic E-state index is 0.0214. The van der Waals surface area contributed by atoms with Gasteiger partial charge < -0.3 is 9.30 Å². The molecule has 1 rings (SSSR count). The van der Waals surface area contributed by atoms with Crippen LogP contribution in [0.2, 0.25) is 0 Å². The van der Waals surface area contributed by atoms with Gasteiger partial charge in [0.1, 0.15) is 11.6 Å². The van der Waals surface area contributed by atoms with Gasteiger partial charge in [0, 0.05) is 25.2 Å². The number of rotatable bonds is 6. The van der Waals surface area contributed by atoms with E-state index in [4.69, 9.17) is 4.74 Å². The summed E-state index contributed by atoms with van der Waals surface area (Å²) in [5.74, 6) is 2.04. The van der Waals surface area contributed by atoms with Crippen molar-refractivity contribution < 1.29 is 4.74 Å². The predicted molar refractivity (Wildman–Crippen MR) is 72.5 cm³/mol. The fourth-order valence-electron chi connectivity index (χ4n) is 1.85. The molecule has 5 heteroatoms. The number of halogens is 1. The van der Waals surface area contributed by atoms with Crippen molar-refractivity contribution in [2.75, 3.05) is 13.2 Å². The molecule has 0 amide bonds. The first-order valence-corrected chi connectivity index (χ1v) is 7.20. The van der Waals surface area contributed by atoms with Crippen molar-refractivity contribution in [1.82, 2.24) is 14.8 Å². The molecule has 0 unspecified atom stereocenters. The summed E-state index contributed by atoms with van der Waals surface area (Å²) >= 11 is 3.46. The van der Waals surface area contributed by atoms with E-state index in [1.54, 1.807) is 0 Å². The summed E-state index contributed by atoms with van der Waals surface area (Å²) in [6, 6.07) is 0. The lowest BCUT2D eigenvalue weighted by Crippen LogP contribution is -2.26. The van der Waals surface area contributed by atoms with Crippen LogP contribution in [0.5, 0.6) is 0 Å². The zero-order chi connectivity index (χ0) is 12.9. The predicted octanol–water partition coefficient (Wildman–Crippen LogP) is 2.90. The molecule has 0 N–H and O–H groups in total. The van der Waals surface area contributed by atoms with Crippen molar-refractivity contribution in [3.63, 3.8) is 0 Å². The summed E-state index contributed by atoms with van der Waals surface area (Å²) in [4.78, 5) is 0. The third kappa shape index (κ3) is 4.07. The highest BCUT2D eigenvalue weighted by molar-refractivity contribution is 9.08. The minimum Gasteiger partial charge on any atom is -0.382 e. The zero-order valence-corrected chi connectivity index (χ0v) is 12.7. The van der Waals surface area contributed by atoms with Crippen molar-refractivity contribution >= 4 is 15.9 Å². The van der Waals surface area contributed by atoms with Gasteiger partial charge in [-0.1, -0.05) is 15.9 Å². The molecule has 0 saturated heterocycles. The van der Waals surface area contributed by atoms with Gasteiger partial charge in [-0.2, -0.15) is 0 Å². The number of aryl methyl sites for hydroxylation is 1. The standard InChI is InChI=1S/C12H22BrN3O/c1-5-17-8-6-7-10-14-15-11(9-13)16(10)12(2,3)4/h5-9H2,1-4H3. The number of nitrogens with zero attached hydrogens (tertiary/aromatic N) is 3. The molecule has 0 aromatic carbocycles. The Morgan fingerprint density at radius 3 is 2.41 bits per heavy atom. The number of hydrogen-bond donors (Lipinski definition) is 0. The van der Waals surface area contributed by atoms with E-state index < -0.39 is 0 Å². The van der Waals surface area contributed by atoms with Crippen LogP contribution in [-0.2, 0) is 22.0 Å². The Hall–Kier alpha value is -0.420. The summed E-state index contributed by atoms with van der Waals surface area (Å²) in [6.07, 6.45) is 1.90. The molecule has 0 bridgehead atoms. The fraction of sp³-hybridized carbons (Fsp3) is 0.833. The van der Waals surface area contributed by atoms with Crippen LogP contribution >= 0.6 is 15.9 Å². The average molecular weight is 304 g/mol. The van der Waals surface area contributed by atoms with E-state index in [0.717, 1.165) is 43.0 Å². The quantitative estimate of drug-likeness (QED) is 0.599. The van der Waals surface area contributed by atoms with Gasteiger partial charge in [-0.05, 0) is 34.1 Å². The third-order valence-electron chi connectivity index (χ3n) is 2.48. The molecule has 1 heterocycles. The number of alkyl halides is 1. The van der Waals surface area contributed by atoms with Gasteiger partial charge >= 0.3 is 0 Å². The maximum atomic E-state index is 5.35. The fourth-order valence-corrected chi connectivity index (χ4v) is 2.22. The van der Waals surface area contributed by atoms with Crippen molar-refractivity contribution in [2.45, 2.75) is 51.4 Å². The Balaban J connectivity index is 2.75. The third-order valence-corrected chi connectivity index (χ3v) is 2.98. The van der Waals surface area contributed by atoms with Crippen molar-refractivity contribution in [3.8, 4) is 0 Å². The van der Waals surface area contributed by atoms with E-state index in [1.165, 1.54) is 0 Å². The normalized spacial score (nSPS) is 12.1. The summed E-state index contributed by atoms with van der Waals surface area (Å²) < 4.78 is 7.56. The lowest BCUT2D eigenvalue weighted by molar-refractivity contribution is 0.144. The van der Waals surface area contributed by atoms with E-state index in [9.17, 15) is 0 Å². The van der Waals surface area contributed by atoms with Crippen LogP contribution < -0.4 is 0 Å². The molecular formula is C12H22BrN3O. The van der Waals surface area contributed by atoms with E-state index >= 15 is 0 Å². The van der Waals surface area contributed by atoms with Crippen LogP contribution in [0.1, 0.15) is 45.8 Å². The van der Waals surface area contributed by atoms with E-state index in [-0.39, 0.29) is 5.54 Å². The van der Waals surface area contributed by atoms with Gasteiger partial charge in [0.2, 0.25) is 0 Å². The first-order valence-electron chi connectivity index (χ1n) is 6.08. The van der Waals surface area contributed by atoms with Gasteiger partial charge in [0.25, 0.3) is 0 Å². The van der Waals surface area contributed by atoms with E-state index in [0.29, 0.717) is 0 Å². The minimum absolute atomic E-state index is 0.0214. The highest BCUT2D eigenvalue weighted by Crippen LogP contribution is 2.20. The monoisotopic (exact) mass is 303 g/mol. The lowest BCUT2D eigenvalue weighted by atomic mass is 10.1. The average Bonchev–Trinajstić information content (AvgIpc) is 2.67. The molecular weight excluding hydrogens is 282 g/mol. The number of hydrogen-bond acceptors (Lipinski definition) is 3. The van der Waals surface area contributed by atoms with E-state index in [1.807, 2.05) is 6.92 Å². The van der Waals surface area contributed by atoms with Crippen molar-refractivity contribution in [3.05, 3.63) is 11.6 Å². The smallest absolute Gasteiger partial charge is 0.144 e. The summed E-state index contributed by atoms with van der Waals surface area (Å²) in [6.45, 7) is 10.1. The van der Waals surface area contributed by atoms with Crippen molar-refractivity contribution in [2.24, 2.45) is 0 Å². The molecule has 98 valence electrons. The zero-order valence-electron chi connectivity index (χ0n) is 11.2. The molecule has 0 aliphatic rings. The Labute approximate surface area is 112 Å². The Bertz CT molecular complexity index is 344. The van der Waals surface area contributed by atoms with Crippen molar-refractivity contribution in [1.29, 1.82) is 0 Å². The first kappa shape index (κ1) is 14.6. The summed E-state index contributed by atoms with van der Waals surface area (Å²) in [7, 11) is 0. The molecule has 0 aliphatic heterocycles. The molecule has 0 saturated carbocycles. The summed E-state index contributed by atoms with van der Waals surface area (Å²) in [5.41, 5.74) is 0.0214. The Morgan fingerprint density at radius 2 is 1.88 bits per heavy atom. The van der Waals surface area contributed by atoms with Gasteiger partial charge in [-0.15, -0.1) is 10.2 Å². The van der Waals surface area contributed by atoms with Gasteiger partial charge in [-0.25, -0.2) is 0 Å². The second-order valence-corrected chi connectivity index (χ2v) is 5.53. The van der Waals surface area contributed by atoms with Gasteiger partial charge in [-0.3, -0.25) is 0 Å². The van der Waals surface area contributed by atoms with Crippen LogP contribution in [0.25, 0.3) is 0 Å². The number of ether oxygens (including phenoxy) is 1. The van der Waals surface area contributed by atoms with Gasteiger partial charge in [0.15, 0.2) is 0 Å². The lowest BCUT2D eigenvalue weighted by Gasteiger charge is -2.24. The maximum absolute atomic E-state index is 5.35. The molecule has 4 nitrogen and oxygen atoms in total. The maximum Gasteiger partial charge on any atom is 0.144 e. The molecule has 0 radical (unpaired) electrons. The van der Waals surface area contributed by atoms with Crippen LogP contribution in [-0.4, -0.2) is 28.0 Å². The highest BCUT2D eigenvalue weighted by Gasteiger charge is 2.21. The number of aromatic nitrogens is 3. The second-order valence-electron chi connectivity index (χ2n) is 4.97. The molecule has 0 fully saturated rings. The Kier molecular flexibility index (Phi) is 5.59. The highest BCUT2D eigenvalue weighted by atomic mass is 79.9. The van der Waals surface area contributed by atoms with Crippen LogP contribution in [0, 0.1) is 0 Å². The SMILES string of the molecule is CCOCCCc1nnc(CBr)n1C(C)(C)C. The first-order chi connectivity index (χ1) is 8.00. The van der Waals surface area contributed by atoms with Crippen LogP contribution in [0.4, 0.5) is 0 Å². The molecule has 0 atom stereocenters.